The highest BCUT2D eigenvalue weighted by Gasteiger charge is 2.07. The molecule has 1 aromatic heterocycles. The highest BCUT2D eigenvalue weighted by Crippen LogP contribution is 2.14. The molecule has 6 heteroatoms. The minimum absolute atomic E-state index is 0.260. The van der Waals surface area contributed by atoms with E-state index >= 15 is 0 Å². The summed E-state index contributed by atoms with van der Waals surface area (Å²) in [6.07, 6.45) is 1.52. The lowest BCUT2D eigenvalue weighted by Gasteiger charge is -2.11. The van der Waals surface area contributed by atoms with Crippen LogP contribution in [0.5, 0.6) is 0 Å². The van der Waals surface area contributed by atoms with E-state index in [9.17, 15) is 4.21 Å². The van der Waals surface area contributed by atoms with Gasteiger partial charge in [0.1, 0.15) is 11.0 Å². The van der Waals surface area contributed by atoms with Crippen molar-refractivity contribution in [3.05, 3.63) is 11.2 Å². The van der Waals surface area contributed by atoms with E-state index in [1.807, 2.05) is 14.1 Å². The molecule has 0 spiro atoms. The van der Waals surface area contributed by atoms with Crippen LogP contribution in [0.25, 0.3) is 0 Å². The second-order valence-electron chi connectivity index (χ2n) is 2.68. The quantitative estimate of drug-likeness (QED) is 0.549. The fourth-order valence-electron chi connectivity index (χ4n) is 0.743. The summed E-state index contributed by atoms with van der Waals surface area (Å²) in [5, 5.41) is 0.570. The van der Waals surface area contributed by atoms with Gasteiger partial charge < -0.3 is 4.90 Å². The topological polar surface area (TPSA) is 46.1 Å². The van der Waals surface area contributed by atoms with Gasteiger partial charge in [0.25, 0.3) is 0 Å². The Hall–Kier alpha value is -0.680. The summed E-state index contributed by atoms with van der Waals surface area (Å²) in [7, 11) is 2.47. The minimum Gasteiger partial charge on any atom is -0.363 e. The lowest BCUT2D eigenvalue weighted by Crippen LogP contribution is -2.12. The number of rotatable bonds is 2. The van der Waals surface area contributed by atoms with Crippen molar-refractivity contribution < 1.29 is 4.21 Å². The Balaban J connectivity index is 3.19. The van der Waals surface area contributed by atoms with Gasteiger partial charge in [-0.15, -0.1) is 0 Å². The summed E-state index contributed by atoms with van der Waals surface area (Å²) < 4.78 is 11.1. The predicted octanol–water partition coefficient (Wildman–Crippen LogP) is 0.933. The third-order valence-electron chi connectivity index (χ3n) is 1.38. The zero-order valence-corrected chi connectivity index (χ0v) is 9.19. The van der Waals surface area contributed by atoms with Gasteiger partial charge in [0.15, 0.2) is 0 Å². The third kappa shape index (κ3) is 2.63. The van der Waals surface area contributed by atoms with Crippen molar-refractivity contribution in [1.29, 1.82) is 0 Å². The number of hydrogen-bond acceptors (Lipinski definition) is 4. The van der Waals surface area contributed by atoms with Crippen LogP contribution in [0.3, 0.4) is 0 Å². The van der Waals surface area contributed by atoms with Gasteiger partial charge in [-0.3, -0.25) is 4.21 Å². The number of hydrogen-bond donors (Lipinski definition) is 0. The molecule has 1 atom stereocenters. The van der Waals surface area contributed by atoms with Crippen LogP contribution in [0.4, 0.5) is 5.82 Å². The molecule has 1 heterocycles. The van der Waals surface area contributed by atoms with E-state index in [1.54, 1.807) is 11.0 Å². The van der Waals surface area contributed by atoms with E-state index < -0.39 is 10.8 Å². The standard InChI is InChI=1S/C7H10ClN3OS/c1-11(2)6-4-5(8)9-7(10-6)13(3)12/h4H,1-3H3/t13-/m0/s1. The molecule has 0 fully saturated rings. The van der Waals surface area contributed by atoms with E-state index in [2.05, 4.69) is 9.97 Å². The van der Waals surface area contributed by atoms with Gasteiger partial charge >= 0.3 is 0 Å². The summed E-state index contributed by atoms with van der Waals surface area (Å²) in [5.41, 5.74) is 0. The fourth-order valence-corrected chi connectivity index (χ4v) is 1.42. The molecule has 0 saturated heterocycles. The van der Waals surface area contributed by atoms with Crippen LogP contribution in [-0.4, -0.2) is 34.5 Å². The van der Waals surface area contributed by atoms with Crippen LogP contribution in [0.2, 0.25) is 5.15 Å². The highest BCUT2D eigenvalue weighted by atomic mass is 35.5. The van der Waals surface area contributed by atoms with Crippen molar-refractivity contribution in [2.45, 2.75) is 5.16 Å². The Morgan fingerprint density at radius 2 is 2.08 bits per heavy atom. The molecular formula is C7H10ClN3OS. The molecule has 0 bridgehead atoms. The molecule has 0 aliphatic heterocycles. The Morgan fingerprint density at radius 3 is 2.54 bits per heavy atom. The molecule has 0 N–H and O–H groups in total. The van der Waals surface area contributed by atoms with Gasteiger partial charge in [0.05, 0.1) is 10.8 Å². The average Bonchev–Trinajstić information content (AvgIpc) is 2.03. The number of halogens is 1. The SMILES string of the molecule is CN(C)c1cc(Cl)nc([S@](C)=O)n1. The summed E-state index contributed by atoms with van der Waals surface area (Å²) in [4.78, 5) is 9.69. The maximum atomic E-state index is 11.1. The molecule has 0 aromatic carbocycles. The summed E-state index contributed by atoms with van der Waals surface area (Å²) in [6.45, 7) is 0. The van der Waals surface area contributed by atoms with Crippen molar-refractivity contribution in [3.8, 4) is 0 Å². The molecule has 1 rings (SSSR count). The van der Waals surface area contributed by atoms with Crippen LogP contribution in [0.15, 0.2) is 11.2 Å². The first-order valence-electron chi connectivity index (χ1n) is 3.56. The Bertz CT molecular complexity index is 343. The summed E-state index contributed by atoms with van der Waals surface area (Å²) >= 11 is 5.73. The van der Waals surface area contributed by atoms with E-state index in [1.165, 1.54) is 6.26 Å². The molecule has 72 valence electrons. The zero-order chi connectivity index (χ0) is 10.0. The van der Waals surface area contributed by atoms with Crippen molar-refractivity contribution in [3.63, 3.8) is 0 Å². The van der Waals surface area contributed by atoms with Crippen molar-refractivity contribution in [1.82, 2.24) is 9.97 Å². The molecule has 0 aliphatic rings. The van der Waals surface area contributed by atoms with Crippen LogP contribution >= 0.6 is 11.6 Å². The van der Waals surface area contributed by atoms with Crippen molar-refractivity contribution >= 4 is 28.2 Å². The number of anilines is 1. The molecule has 13 heavy (non-hydrogen) atoms. The van der Waals surface area contributed by atoms with E-state index in [4.69, 9.17) is 11.6 Å². The van der Waals surface area contributed by atoms with E-state index in [0.29, 0.717) is 11.0 Å². The van der Waals surface area contributed by atoms with Gasteiger partial charge in [0.2, 0.25) is 5.16 Å². The second-order valence-corrected chi connectivity index (χ2v) is 4.34. The second kappa shape index (κ2) is 4.02. The van der Waals surface area contributed by atoms with Gasteiger partial charge in [-0.2, -0.15) is 0 Å². The Kier molecular flexibility index (Phi) is 3.22. The molecule has 0 aliphatic carbocycles. The predicted molar refractivity (Wildman–Crippen MR) is 53.7 cm³/mol. The van der Waals surface area contributed by atoms with Gasteiger partial charge in [-0.25, -0.2) is 9.97 Å². The van der Waals surface area contributed by atoms with Crippen molar-refractivity contribution in [2.24, 2.45) is 0 Å². The van der Waals surface area contributed by atoms with Crippen LogP contribution in [0.1, 0.15) is 0 Å². The first-order valence-corrected chi connectivity index (χ1v) is 5.49. The molecule has 0 amide bonds. The lowest BCUT2D eigenvalue weighted by molar-refractivity contribution is 0.679. The first-order chi connectivity index (χ1) is 6.00. The Morgan fingerprint density at radius 1 is 1.46 bits per heavy atom. The largest absolute Gasteiger partial charge is 0.363 e. The summed E-state index contributed by atoms with van der Waals surface area (Å²) in [5.74, 6) is 0.658. The minimum atomic E-state index is -1.20. The molecular weight excluding hydrogens is 210 g/mol. The van der Waals surface area contributed by atoms with Crippen molar-refractivity contribution in [2.75, 3.05) is 25.3 Å². The van der Waals surface area contributed by atoms with Gasteiger partial charge in [-0.05, 0) is 0 Å². The molecule has 0 unspecified atom stereocenters. The smallest absolute Gasteiger partial charge is 0.221 e. The monoisotopic (exact) mass is 219 g/mol. The number of nitrogens with zero attached hydrogens (tertiary/aromatic N) is 3. The van der Waals surface area contributed by atoms with Crippen LogP contribution < -0.4 is 4.90 Å². The average molecular weight is 220 g/mol. The van der Waals surface area contributed by atoms with Gasteiger partial charge in [-0.1, -0.05) is 11.6 Å². The van der Waals surface area contributed by atoms with E-state index in [-0.39, 0.29) is 5.16 Å². The highest BCUT2D eigenvalue weighted by molar-refractivity contribution is 7.84. The normalized spacial score (nSPS) is 12.6. The lowest BCUT2D eigenvalue weighted by atomic mass is 10.5. The number of aromatic nitrogens is 2. The maximum Gasteiger partial charge on any atom is 0.221 e. The molecule has 4 nitrogen and oxygen atoms in total. The van der Waals surface area contributed by atoms with E-state index in [0.717, 1.165) is 0 Å². The van der Waals surface area contributed by atoms with Crippen LogP contribution in [0, 0.1) is 0 Å². The molecule has 0 saturated carbocycles. The molecule has 1 aromatic rings. The van der Waals surface area contributed by atoms with Gasteiger partial charge in [0, 0.05) is 26.4 Å². The Labute approximate surface area is 84.4 Å². The third-order valence-corrected chi connectivity index (χ3v) is 2.27. The maximum absolute atomic E-state index is 11.1. The zero-order valence-electron chi connectivity index (χ0n) is 7.61. The molecule has 0 radical (unpaired) electrons. The first kappa shape index (κ1) is 10.4. The fraction of sp³-hybridized carbons (Fsp3) is 0.429. The van der Waals surface area contributed by atoms with Crippen LogP contribution in [-0.2, 0) is 10.8 Å². The summed E-state index contributed by atoms with van der Waals surface area (Å²) in [6, 6.07) is 1.62.